The average Bonchev–Trinajstić information content (AvgIpc) is 3.07. The van der Waals surface area contributed by atoms with Crippen LogP contribution >= 0.6 is 0 Å². The lowest BCUT2D eigenvalue weighted by molar-refractivity contribution is 0.469. The van der Waals surface area contributed by atoms with Gasteiger partial charge in [-0.1, -0.05) is 66.2 Å². The number of aryl methyl sites for hydroxylation is 1. The van der Waals surface area contributed by atoms with Gasteiger partial charge >= 0.3 is 0 Å². The molecule has 2 atom stereocenters. The summed E-state index contributed by atoms with van der Waals surface area (Å²) in [6, 6.07) is 22.0. The van der Waals surface area contributed by atoms with Gasteiger partial charge in [-0.05, 0) is 59.5 Å². The van der Waals surface area contributed by atoms with Crippen LogP contribution in [-0.4, -0.2) is 25.8 Å². The Morgan fingerprint density at radius 2 is 1.60 bits per heavy atom. The monoisotopic (exact) mass is 415 g/mol. The van der Waals surface area contributed by atoms with Gasteiger partial charge in [0, 0.05) is 24.9 Å². The minimum absolute atomic E-state index is 0.220. The molecule has 1 saturated heterocycles. The molecule has 0 bridgehead atoms. The van der Waals surface area contributed by atoms with Crippen molar-refractivity contribution in [3.8, 4) is 0 Å². The van der Waals surface area contributed by atoms with Crippen LogP contribution in [0, 0.1) is 18.8 Å². The molecule has 2 unspecified atom stereocenters. The summed E-state index contributed by atoms with van der Waals surface area (Å²) in [5, 5.41) is 2.42. The van der Waals surface area contributed by atoms with Crippen molar-refractivity contribution in [2.45, 2.75) is 18.7 Å². The molecule has 1 aliphatic heterocycles. The Labute approximate surface area is 178 Å². The van der Waals surface area contributed by atoms with Gasteiger partial charge in [0.1, 0.15) is 0 Å². The second kappa shape index (κ2) is 6.93. The van der Waals surface area contributed by atoms with E-state index in [2.05, 4.69) is 43.0 Å². The van der Waals surface area contributed by atoms with Crippen LogP contribution in [-0.2, 0) is 10.0 Å². The van der Waals surface area contributed by atoms with Crippen molar-refractivity contribution >= 4 is 26.4 Å². The van der Waals surface area contributed by atoms with Crippen LogP contribution in [0.4, 0.5) is 0 Å². The molecule has 1 fully saturated rings. The van der Waals surface area contributed by atoms with Gasteiger partial charge in [-0.15, -0.1) is 0 Å². The average molecular weight is 416 g/mol. The van der Waals surface area contributed by atoms with Crippen molar-refractivity contribution in [3.05, 3.63) is 95.6 Å². The Morgan fingerprint density at radius 1 is 0.933 bits per heavy atom. The summed E-state index contributed by atoms with van der Waals surface area (Å²) in [5.74, 6) is 0.447. The molecule has 0 saturated carbocycles. The lowest BCUT2D eigenvalue weighted by atomic mass is 9.65. The lowest BCUT2D eigenvalue weighted by Crippen LogP contribution is -2.29. The molecular weight excluding hydrogens is 390 g/mol. The first-order valence-electron chi connectivity index (χ1n) is 10.3. The highest BCUT2D eigenvalue weighted by Gasteiger charge is 2.50. The van der Waals surface area contributed by atoms with Gasteiger partial charge in [-0.25, -0.2) is 8.42 Å². The van der Waals surface area contributed by atoms with Gasteiger partial charge in [-0.2, -0.15) is 4.31 Å². The summed E-state index contributed by atoms with van der Waals surface area (Å²) in [6.45, 7) is 9.26. The summed E-state index contributed by atoms with van der Waals surface area (Å²) < 4.78 is 28.1. The van der Waals surface area contributed by atoms with E-state index in [4.69, 9.17) is 0 Å². The molecule has 4 heteroatoms. The van der Waals surface area contributed by atoms with Crippen LogP contribution in [0.5, 0.6) is 0 Å². The van der Waals surface area contributed by atoms with Crippen LogP contribution in [0.1, 0.15) is 18.1 Å². The third kappa shape index (κ3) is 2.94. The Bertz CT molecular complexity index is 1300. The Morgan fingerprint density at radius 3 is 2.30 bits per heavy atom. The molecule has 30 heavy (non-hydrogen) atoms. The van der Waals surface area contributed by atoms with Crippen LogP contribution in [0.15, 0.2) is 89.4 Å². The second-order valence-electron chi connectivity index (χ2n) is 8.52. The van der Waals surface area contributed by atoms with Crippen molar-refractivity contribution in [1.82, 2.24) is 4.31 Å². The zero-order valence-corrected chi connectivity index (χ0v) is 18.1. The van der Waals surface area contributed by atoms with E-state index in [-0.39, 0.29) is 11.8 Å². The molecular formula is C26H25NO2S. The molecule has 3 nitrogen and oxygen atoms in total. The van der Waals surface area contributed by atoms with E-state index in [1.54, 1.807) is 16.4 Å². The smallest absolute Gasteiger partial charge is 0.207 e. The molecule has 0 aromatic heterocycles. The van der Waals surface area contributed by atoms with Gasteiger partial charge in [0.25, 0.3) is 0 Å². The third-order valence-corrected chi connectivity index (χ3v) is 8.34. The SMILES string of the molecule is C=C(C)C1=C(c2ccc3ccccc3c2)C2CN(S(=O)(=O)c3ccc(C)cc3)CC12. The summed E-state index contributed by atoms with van der Waals surface area (Å²) in [6.07, 6.45) is 0. The van der Waals surface area contributed by atoms with Gasteiger partial charge < -0.3 is 0 Å². The van der Waals surface area contributed by atoms with Crippen molar-refractivity contribution in [2.75, 3.05) is 13.1 Å². The number of nitrogens with zero attached hydrogens (tertiary/aromatic N) is 1. The highest BCUT2D eigenvalue weighted by atomic mass is 32.2. The van der Waals surface area contributed by atoms with Gasteiger partial charge in [0.15, 0.2) is 0 Å². The zero-order valence-electron chi connectivity index (χ0n) is 17.3. The predicted molar refractivity (Wildman–Crippen MR) is 123 cm³/mol. The maximum atomic E-state index is 13.2. The largest absolute Gasteiger partial charge is 0.243 e. The molecule has 1 aliphatic carbocycles. The maximum Gasteiger partial charge on any atom is 0.243 e. The molecule has 3 aromatic carbocycles. The summed E-state index contributed by atoms with van der Waals surface area (Å²) in [4.78, 5) is 0.374. The van der Waals surface area contributed by atoms with Crippen LogP contribution in [0.2, 0.25) is 0 Å². The van der Waals surface area contributed by atoms with Crippen molar-refractivity contribution < 1.29 is 8.42 Å². The van der Waals surface area contributed by atoms with Gasteiger partial charge in [0.2, 0.25) is 10.0 Å². The number of benzene rings is 3. The zero-order chi connectivity index (χ0) is 21.0. The fraction of sp³-hybridized carbons (Fsp3) is 0.231. The van der Waals surface area contributed by atoms with Crippen molar-refractivity contribution in [3.63, 3.8) is 0 Å². The van der Waals surface area contributed by atoms with Gasteiger partial charge in [-0.3, -0.25) is 0 Å². The van der Waals surface area contributed by atoms with E-state index in [0.717, 1.165) is 11.1 Å². The van der Waals surface area contributed by atoms with E-state index < -0.39 is 10.0 Å². The Hall–Kier alpha value is -2.69. The summed E-state index contributed by atoms with van der Waals surface area (Å²) in [7, 11) is -3.49. The number of hydrogen-bond acceptors (Lipinski definition) is 2. The lowest BCUT2D eigenvalue weighted by Gasteiger charge is -2.38. The fourth-order valence-corrected chi connectivity index (χ4v) is 6.48. The van der Waals surface area contributed by atoms with Gasteiger partial charge in [0.05, 0.1) is 4.90 Å². The first kappa shape index (κ1) is 19.3. The van der Waals surface area contributed by atoms with Crippen LogP contribution in [0.25, 0.3) is 16.3 Å². The van der Waals surface area contributed by atoms with E-state index >= 15 is 0 Å². The first-order chi connectivity index (χ1) is 14.4. The second-order valence-corrected chi connectivity index (χ2v) is 10.5. The molecule has 3 aromatic rings. The van der Waals surface area contributed by atoms with E-state index in [0.29, 0.717) is 18.0 Å². The highest BCUT2D eigenvalue weighted by Crippen LogP contribution is 2.54. The standard InChI is InChI=1S/C26H25NO2S/c1-17(2)25-23-15-27(30(28,29)22-12-8-18(3)9-13-22)16-24(23)26(25)21-11-10-19-6-4-5-7-20(19)14-21/h4-14,23-24H,1,15-16H2,2-3H3. The minimum atomic E-state index is -3.49. The number of sulfonamides is 1. The topological polar surface area (TPSA) is 37.4 Å². The molecule has 2 aliphatic rings. The van der Waals surface area contributed by atoms with E-state index in [9.17, 15) is 8.42 Å². The molecule has 0 radical (unpaired) electrons. The number of fused-ring (bicyclic) bond motifs is 2. The molecule has 0 N–H and O–H groups in total. The van der Waals surface area contributed by atoms with E-state index in [1.165, 1.54) is 27.5 Å². The predicted octanol–water partition coefficient (Wildman–Crippen LogP) is 5.43. The molecule has 5 rings (SSSR count). The van der Waals surface area contributed by atoms with Crippen molar-refractivity contribution in [2.24, 2.45) is 11.8 Å². The number of allylic oxidation sites excluding steroid dienone is 1. The highest BCUT2D eigenvalue weighted by molar-refractivity contribution is 7.89. The van der Waals surface area contributed by atoms with E-state index in [1.807, 2.05) is 32.0 Å². The molecule has 1 heterocycles. The van der Waals surface area contributed by atoms with Crippen molar-refractivity contribution in [1.29, 1.82) is 0 Å². The molecule has 0 spiro atoms. The van der Waals surface area contributed by atoms with Crippen LogP contribution < -0.4 is 0 Å². The Balaban J connectivity index is 1.50. The maximum absolute atomic E-state index is 13.2. The summed E-state index contributed by atoms with van der Waals surface area (Å²) in [5.41, 5.74) is 5.77. The number of rotatable bonds is 4. The fourth-order valence-electron chi connectivity index (χ4n) is 4.98. The molecule has 0 amide bonds. The number of hydrogen-bond donors (Lipinski definition) is 0. The quantitative estimate of drug-likeness (QED) is 0.570. The first-order valence-corrected chi connectivity index (χ1v) is 11.8. The minimum Gasteiger partial charge on any atom is -0.207 e. The Kier molecular flexibility index (Phi) is 4.46. The normalized spacial score (nSPS) is 21.5. The molecule has 152 valence electrons. The summed E-state index contributed by atoms with van der Waals surface area (Å²) >= 11 is 0. The third-order valence-electron chi connectivity index (χ3n) is 6.50. The van der Waals surface area contributed by atoms with Crippen LogP contribution in [0.3, 0.4) is 0 Å².